The van der Waals surface area contributed by atoms with Crippen molar-refractivity contribution >= 4 is 23.8 Å². The van der Waals surface area contributed by atoms with Gasteiger partial charge in [-0.1, -0.05) is 27.7 Å². The second-order valence-electron chi connectivity index (χ2n) is 8.26. The van der Waals surface area contributed by atoms with Gasteiger partial charge in [-0.25, -0.2) is 4.79 Å². The van der Waals surface area contributed by atoms with Gasteiger partial charge in [-0.05, 0) is 38.5 Å². The first-order valence-electron chi connectivity index (χ1n) is 9.36. The Balaban J connectivity index is 2.59. The number of urea groups is 1. The number of ether oxygens (including phenoxy) is 1. The Morgan fingerprint density at radius 1 is 1.32 bits per heavy atom. The van der Waals surface area contributed by atoms with E-state index in [2.05, 4.69) is 10.6 Å². The monoisotopic (exact) mass is 394 g/mol. The lowest BCUT2D eigenvalue weighted by molar-refractivity contribution is -0.151. The first-order valence-corrected chi connectivity index (χ1v) is 9.36. The van der Waals surface area contributed by atoms with Crippen LogP contribution in [0.4, 0.5) is 4.79 Å². The number of nitrogens with zero attached hydrogens (tertiary/aromatic N) is 2. The molecule has 1 aliphatic heterocycles. The molecule has 0 spiro atoms. The Labute approximate surface area is 165 Å². The van der Waals surface area contributed by atoms with Crippen molar-refractivity contribution < 1.29 is 23.9 Å². The lowest BCUT2D eigenvalue weighted by Gasteiger charge is -2.27. The minimum atomic E-state index is -1.09. The quantitative estimate of drug-likeness (QED) is 0.448. The fourth-order valence-corrected chi connectivity index (χ4v) is 2.59. The Morgan fingerprint density at radius 2 is 1.93 bits per heavy atom. The third-order valence-electron chi connectivity index (χ3n) is 5.00. The van der Waals surface area contributed by atoms with E-state index in [4.69, 9.17) is 4.74 Å². The third-order valence-corrected chi connectivity index (χ3v) is 5.00. The van der Waals surface area contributed by atoms with E-state index in [-0.39, 0.29) is 5.92 Å². The molecule has 28 heavy (non-hydrogen) atoms. The fraction of sp³-hybridized carbons (Fsp3) is 0.737. The van der Waals surface area contributed by atoms with Crippen LogP contribution < -0.4 is 10.6 Å². The van der Waals surface area contributed by atoms with Crippen molar-refractivity contribution in [3.8, 4) is 6.07 Å². The number of hydrogen-bond acceptors (Lipinski definition) is 6. The molecule has 1 heterocycles. The number of amides is 4. The van der Waals surface area contributed by atoms with Crippen molar-refractivity contribution in [2.24, 2.45) is 11.8 Å². The number of carbonyl (C=O) groups is 4. The van der Waals surface area contributed by atoms with Crippen molar-refractivity contribution in [3.63, 3.8) is 0 Å². The van der Waals surface area contributed by atoms with Gasteiger partial charge in [0.25, 0.3) is 11.8 Å². The molecule has 0 aromatic carbocycles. The summed E-state index contributed by atoms with van der Waals surface area (Å²) in [5.41, 5.74) is -2.14. The molecule has 2 atom stereocenters. The van der Waals surface area contributed by atoms with Crippen LogP contribution in [0, 0.1) is 23.2 Å². The summed E-state index contributed by atoms with van der Waals surface area (Å²) in [6, 6.07) is 1.36. The highest BCUT2D eigenvalue weighted by Gasteiger charge is 2.48. The Bertz CT molecular complexity index is 684. The second-order valence-corrected chi connectivity index (χ2v) is 8.26. The normalized spacial score (nSPS) is 21.3. The third kappa shape index (κ3) is 5.68. The molecule has 0 bridgehead atoms. The molecule has 1 saturated heterocycles. The SMILES string of the molecule is CC(C)CC[C@@]1(C)NC(=O)N(CC(=O)OCC(=O)N[C@@](C)(C#N)C(C)C)C1=O. The average Bonchev–Trinajstić information content (AvgIpc) is 2.81. The highest BCUT2D eigenvalue weighted by atomic mass is 16.5. The summed E-state index contributed by atoms with van der Waals surface area (Å²) in [4.78, 5) is 49.4. The molecular formula is C19H30N4O5. The van der Waals surface area contributed by atoms with E-state index in [0.29, 0.717) is 12.3 Å². The van der Waals surface area contributed by atoms with Gasteiger partial charge in [-0.2, -0.15) is 5.26 Å². The van der Waals surface area contributed by atoms with E-state index < -0.39 is 48.0 Å². The number of nitriles is 1. The summed E-state index contributed by atoms with van der Waals surface area (Å²) in [5.74, 6) is -1.79. The molecule has 0 aromatic heterocycles. The number of carbonyl (C=O) groups excluding carboxylic acids is 4. The molecule has 9 heteroatoms. The average molecular weight is 394 g/mol. The smallest absolute Gasteiger partial charge is 0.326 e. The van der Waals surface area contributed by atoms with Crippen LogP contribution >= 0.6 is 0 Å². The first kappa shape index (κ1) is 23.4. The summed E-state index contributed by atoms with van der Waals surface area (Å²) in [5, 5.41) is 14.3. The summed E-state index contributed by atoms with van der Waals surface area (Å²) >= 11 is 0. The van der Waals surface area contributed by atoms with Crippen LogP contribution in [0.1, 0.15) is 54.4 Å². The van der Waals surface area contributed by atoms with Crippen LogP contribution in [-0.2, 0) is 19.1 Å². The first-order chi connectivity index (χ1) is 12.8. The lowest BCUT2D eigenvalue weighted by atomic mass is 9.90. The van der Waals surface area contributed by atoms with Gasteiger partial charge < -0.3 is 15.4 Å². The lowest BCUT2D eigenvalue weighted by Crippen LogP contribution is -2.50. The molecule has 0 aliphatic carbocycles. The molecule has 1 fully saturated rings. The maximum atomic E-state index is 12.5. The van der Waals surface area contributed by atoms with Crippen molar-refractivity contribution in [1.29, 1.82) is 5.26 Å². The number of hydrogen-bond donors (Lipinski definition) is 2. The summed E-state index contributed by atoms with van der Waals surface area (Å²) < 4.78 is 4.86. The van der Waals surface area contributed by atoms with Gasteiger partial charge in [0.1, 0.15) is 17.6 Å². The molecule has 0 unspecified atom stereocenters. The molecular weight excluding hydrogens is 364 g/mol. The molecule has 0 saturated carbocycles. The fourth-order valence-electron chi connectivity index (χ4n) is 2.59. The highest BCUT2D eigenvalue weighted by molar-refractivity contribution is 6.08. The standard InChI is InChI=1S/C19H30N4O5/c1-12(2)7-8-18(5)16(26)23(17(27)22-18)9-15(25)28-10-14(24)21-19(6,11-20)13(3)4/h12-13H,7-10H2,1-6H3,(H,21,24)(H,22,27)/t18-,19+/m1/s1. The van der Waals surface area contributed by atoms with Gasteiger partial charge >= 0.3 is 12.0 Å². The zero-order valence-corrected chi connectivity index (χ0v) is 17.4. The Morgan fingerprint density at radius 3 is 2.43 bits per heavy atom. The topological polar surface area (TPSA) is 129 Å². The molecule has 0 radical (unpaired) electrons. The van der Waals surface area contributed by atoms with E-state index in [9.17, 15) is 24.4 Å². The number of imide groups is 1. The highest BCUT2D eigenvalue weighted by Crippen LogP contribution is 2.24. The van der Waals surface area contributed by atoms with Crippen LogP contribution in [0.2, 0.25) is 0 Å². The van der Waals surface area contributed by atoms with Crippen LogP contribution in [0.25, 0.3) is 0 Å². The minimum absolute atomic E-state index is 0.147. The Kier molecular flexibility index (Phi) is 7.56. The van der Waals surface area contributed by atoms with Crippen molar-refractivity contribution in [1.82, 2.24) is 15.5 Å². The van der Waals surface area contributed by atoms with E-state index >= 15 is 0 Å². The van der Waals surface area contributed by atoms with Gasteiger partial charge in [0.15, 0.2) is 6.61 Å². The number of esters is 1. The maximum Gasteiger partial charge on any atom is 0.326 e. The van der Waals surface area contributed by atoms with Gasteiger partial charge in [-0.3, -0.25) is 19.3 Å². The van der Waals surface area contributed by atoms with E-state index in [1.54, 1.807) is 27.7 Å². The minimum Gasteiger partial charge on any atom is -0.454 e. The summed E-state index contributed by atoms with van der Waals surface area (Å²) in [6.45, 7) is 9.62. The van der Waals surface area contributed by atoms with E-state index in [1.807, 2.05) is 19.9 Å². The molecule has 1 rings (SSSR count). The second kappa shape index (κ2) is 9.04. The van der Waals surface area contributed by atoms with Crippen molar-refractivity contribution in [2.75, 3.05) is 13.2 Å². The molecule has 2 N–H and O–H groups in total. The van der Waals surface area contributed by atoms with Gasteiger partial charge in [-0.15, -0.1) is 0 Å². The van der Waals surface area contributed by atoms with Gasteiger partial charge in [0.2, 0.25) is 0 Å². The van der Waals surface area contributed by atoms with E-state index in [0.717, 1.165) is 11.3 Å². The van der Waals surface area contributed by atoms with Crippen molar-refractivity contribution in [3.05, 3.63) is 0 Å². The van der Waals surface area contributed by atoms with Crippen LogP contribution in [0.5, 0.6) is 0 Å². The molecule has 4 amide bonds. The number of rotatable bonds is 9. The van der Waals surface area contributed by atoms with Crippen molar-refractivity contribution in [2.45, 2.75) is 65.5 Å². The number of nitrogens with one attached hydrogen (secondary N) is 2. The maximum absolute atomic E-state index is 12.5. The van der Waals surface area contributed by atoms with Gasteiger partial charge in [0.05, 0.1) is 6.07 Å². The van der Waals surface area contributed by atoms with E-state index in [1.165, 1.54) is 0 Å². The molecule has 1 aliphatic rings. The zero-order valence-electron chi connectivity index (χ0n) is 17.4. The summed E-state index contributed by atoms with van der Waals surface area (Å²) in [6.07, 6.45) is 1.21. The molecule has 9 nitrogen and oxygen atoms in total. The summed E-state index contributed by atoms with van der Waals surface area (Å²) in [7, 11) is 0. The van der Waals surface area contributed by atoms with Crippen LogP contribution in [-0.4, -0.2) is 52.9 Å². The van der Waals surface area contributed by atoms with Gasteiger partial charge in [0, 0.05) is 0 Å². The van der Waals surface area contributed by atoms with Crippen LogP contribution in [0.3, 0.4) is 0 Å². The zero-order chi connectivity index (χ0) is 21.7. The predicted molar refractivity (Wildman–Crippen MR) is 101 cm³/mol. The Hall–Kier alpha value is -2.63. The van der Waals surface area contributed by atoms with Crippen LogP contribution in [0.15, 0.2) is 0 Å². The predicted octanol–water partition coefficient (Wildman–Crippen LogP) is 1.33. The molecule has 156 valence electrons. The largest absolute Gasteiger partial charge is 0.454 e. The molecule has 0 aromatic rings.